The van der Waals surface area contributed by atoms with Crippen LogP contribution < -0.4 is 4.72 Å². The highest BCUT2D eigenvalue weighted by molar-refractivity contribution is 7.88. The van der Waals surface area contributed by atoms with Crippen molar-refractivity contribution in [1.29, 1.82) is 0 Å². The van der Waals surface area contributed by atoms with Crippen LogP contribution in [0.1, 0.15) is 12.5 Å². The molecular formula is C10H14ClNO2S. The predicted octanol–water partition coefficient (Wildman–Crippen LogP) is 1.69. The Labute approximate surface area is 95.5 Å². The Hall–Kier alpha value is -0.580. The average Bonchev–Trinajstić information content (AvgIpc) is 2.16. The van der Waals surface area contributed by atoms with Gasteiger partial charge in [-0.15, -0.1) is 11.6 Å². The molecule has 0 fully saturated rings. The first-order valence-electron chi connectivity index (χ1n) is 4.48. The highest BCUT2D eigenvalue weighted by Gasteiger charge is 2.28. The third-order valence-electron chi connectivity index (χ3n) is 2.09. The minimum atomic E-state index is -3.28. The van der Waals surface area contributed by atoms with Crippen LogP contribution in [0.5, 0.6) is 0 Å². The Morgan fingerprint density at radius 2 is 1.87 bits per heavy atom. The summed E-state index contributed by atoms with van der Waals surface area (Å²) >= 11 is 5.82. The van der Waals surface area contributed by atoms with E-state index in [0.29, 0.717) is 0 Å². The third-order valence-corrected chi connectivity index (χ3v) is 3.44. The number of hydrogen-bond acceptors (Lipinski definition) is 2. The van der Waals surface area contributed by atoms with Crippen molar-refractivity contribution in [3.8, 4) is 0 Å². The van der Waals surface area contributed by atoms with Crippen molar-refractivity contribution in [3.05, 3.63) is 35.9 Å². The van der Waals surface area contributed by atoms with Crippen molar-refractivity contribution in [2.75, 3.05) is 12.1 Å². The van der Waals surface area contributed by atoms with Gasteiger partial charge in [-0.05, 0) is 12.5 Å². The van der Waals surface area contributed by atoms with E-state index in [9.17, 15) is 8.42 Å². The van der Waals surface area contributed by atoms with E-state index in [1.54, 1.807) is 6.92 Å². The maximum Gasteiger partial charge on any atom is 0.209 e. The van der Waals surface area contributed by atoms with E-state index < -0.39 is 15.6 Å². The normalized spacial score (nSPS) is 15.9. The Morgan fingerprint density at radius 1 is 1.33 bits per heavy atom. The average molecular weight is 248 g/mol. The predicted molar refractivity (Wildman–Crippen MR) is 62.5 cm³/mol. The molecule has 0 aromatic heterocycles. The molecule has 5 heteroatoms. The van der Waals surface area contributed by atoms with Gasteiger partial charge in [-0.3, -0.25) is 0 Å². The number of sulfonamides is 1. The number of rotatable bonds is 4. The number of nitrogens with one attached hydrogen (secondary N) is 1. The Kier molecular flexibility index (Phi) is 3.76. The molecule has 0 saturated carbocycles. The molecule has 15 heavy (non-hydrogen) atoms. The van der Waals surface area contributed by atoms with Gasteiger partial charge in [-0.1, -0.05) is 30.3 Å². The van der Waals surface area contributed by atoms with Crippen molar-refractivity contribution >= 4 is 21.6 Å². The summed E-state index contributed by atoms with van der Waals surface area (Å²) in [5.74, 6) is 0.185. The van der Waals surface area contributed by atoms with Gasteiger partial charge in [0.15, 0.2) is 0 Å². The molecule has 0 radical (unpaired) electrons. The molecule has 0 aliphatic carbocycles. The maximum absolute atomic E-state index is 11.2. The third kappa shape index (κ3) is 3.48. The number of hydrogen-bond donors (Lipinski definition) is 1. The van der Waals surface area contributed by atoms with Crippen molar-refractivity contribution < 1.29 is 8.42 Å². The van der Waals surface area contributed by atoms with Gasteiger partial charge in [0.2, 0.25) is 10.0 Å². The second kappa shape index (κ2) is 4.51. The van der Waals surface area contributed by atoms with Gasteiger partial charge >= 0.3 is 0 Å². The van der Waals surface area contributed by atoms with Crippen LogP contribution in [0.3, 0.4) is 0 Å². The molecule has 0 bridgehead atoms. The summed E-state index contributed by atoms with van der Waals surface area (Å²) in [6.07, 6.45) is 1.13. The second-order valence-electron chi connectivity index (χ2n) is 3.71. The lowest BCUT2D eigenvalue weighted by molar-refractivity contribution is 0.480. The summed E-state index contributed by atoms with van der Waals surface area (Å²) in [6.45, 7) is 1.76. The molecule has 84 valence electrons. The highest BCUT2D eigenvalue weighted by Crippen LogP contribution is 2.22. The first-order chi connectivity index (χ1) is 6.87. The van der Waals surface area contributed by atoms with Crippen molar-refractivity contribution in [2.24, 2.45) is 0 Å². The second-order valence-corrected chi connectivity index (χ2v) is 5.72. The van der Waals surface area contributed by atoms with E-state index in [-0.39, 0.29) is 5.88 Å². The van der Waals surface area contributed by atoms with Crippen LogP contribution in [0, 0.1) is 0 Å². The van der Waals surface area contributed by atoms with E-state index in [1.165, 1.54) is 0 Å². The first kappa shape index (κ1) is 12.5. The number of alkyl halides is 1. The van der Waals surface area contributed by atoms with Gasteiger partial charge < -0.3 is 0 Å². The molecule has 0 saturated heterocycles. The molecule has 1 aromatic rings. The summed E-state index contributed by atoms with van der Waals surface area (Å²) in [5, 5.41) is 0. The van der Waals surface area contributed by atoms with Crippen LogP contribution in [0.4, 0.5) is 0 Å². The molecule has 0 aliphatic heterocycles. The van der Waals surface area contributed by atoms with Crippen LogP contribution in [0.15, 0.2) is 30.3 Å². The lowest BCUT2D eigenvalue weighted by Gasteiger charge is -2.27. The van der Waals surface area contributed by atoms with Crippen molar-refractivity contribution in [1.82, 2.24) is 4.72 Å². The summed E-state index contributed by atoms with van der Waals surface area (Å²) < 4.78 is 25.0. The quantitative estimate of drug-likeness (QED) is 0.823. The molecule has 1 unspecified atom stereocenters. The lowest BCUT2D eigenvalue weighted by Crippen LogP contribution is -2.44. The molecule has 0 spiro atoms. The first-order valence-corrected chi connectivity index (χ1v) is 6.90. The smallest absolute Gasteiger partial charge is 0.209 e. The SMILES string of the molecule is CC(CCl)(NS(C)(=O)=O)c1ccccc1. The zero-order valence-corrected chi connectivity index (χ0v) is 10.3. The molecule has 1 N–H and O–H groups in total. The van der Waals surface area contributed by atoms with E-state index in [1.807, 2.05) is 30.3 Å². The zero-order chi connectivity index (χ0) is 11.5. The summed E-state index contributed by atoms with van der Waals surface area (Å²) in [6, 6.07) is 9.27. The molecule has 1 rings (SSSR count). The monoisotopic (exact) mass is 247 g/mol. The van der Waals surface area contributed by atoms with Crippen molar-refractivity contribution in [2.45, 2.75) is 12.5 Å². The molecule has 0 aliphatic rings. The van der Waals surface area contributed by atoms with Gasteiger partial charge in [0, 0.05) is 5.88 Å². The summed E-state index contributed by atoms with van der Waals surface area (Å²) in [7, 11) is -3.28. The Balaban J connectivity index is 3.06. The van der Waals surface area contributed by atoms with Gasteiger partial charge in [0.05, 0.1) is 11.8 Å². The summed E-state index contributed by atoms with van der Waals surface area (Å²) in [4.78, 5) is 0. The van der Waals surface area contributed by atoms with E-state index in [2.05, 4.69) is 4.72 Å². The minimum Gasteiger partial charge on any atom is -0.213 e. The minimum absolute atomic E-state index is 0.185. The van der Waals surface area contributed by atoms with Crippen molar-refractivity contribution in [3.63, 3.8) is 0 Å². The lowest BCUT2D eigenvalue weighted by atomic mass is 9.96. The zero-order valence-electron chi connectivity index (χ0n) is 8.70. The molecule has 0 heterocycles. The Morgan fingerprint density at radius 3 is 2.27 bits per heavy atom. The van der Waals surface area contributed by atoms with Gasteiger partial charge in [-0.25, -0.2) is 13.1 Å². The fourth-order valence-electron chi connectivity index (χ4n) is 1.38. The van der Waals surface area contributed by atoms with E-state index in [4.69, 9.17) is 11.6 Å². The van der Waals surface area contributed by atoms with Crippen LogP contribution in [0.2, 0.25) is 0 Å². The van der Waals surface area contributed by atoms with Crippen LogP contribution >= 0.6 is 11.6 Å². The summed E-state index contributed by atoms with van der Waals surface area (Å²) in [5.41, 5.74) is 0.0987. The van der Waals surface area contributed by atoms with Crippen LogP contribution in [0.25, 0.3) is 0 Å². The molecule has 1 aromatic carbocycles. The highest BCUT2D eigenvalue weighted by atomic mass is 35.5. The maximum atomic E-state index is 11.2. The van der Waals surface area contributed by atoms with Crippen LogP contribution in [-0.2, 0) is 15.6 Å². The Bertz CT molecular complexity index is 418. The van der Waals surface area contributed by atoms with Crippen LogP contribution in [-0.4, -0.2) is 20.6 Å². The molecular weight excluding hydrogens is 234 g/mol. The van der Waals surface area contributed by atoms with Gasteiger partial charge in [-0.2, -0.15) is 0 Å². The van der Waals surface area contributed by atoms with E-state index >= 15 is 0 Å². The molecule has 0 amide bonds. The standard InChI is InChI=1S/C10H14ClNO2S/c1-10(8-11,12-15(2,13)14)9-6-4-3-5-7-9/h3-7,12H,8H2,1-2H3. The van der Waals surface area contributed by atoms with E-state index in [0.717, 1.165) is 11.8 Å². The largest absolute Gasteiger partial charge is 0.213 e. The van der Waals surface area contributed by atoms with Gasteiger partial charge in [0.25, 0.3) is 0 Å². The fraction of sp³-hybridized carbons (Fsp3) is 0.400. The topological polar surface area (TPSA) is 46.2 Å². The number of halogens is 1. The molecule has 1 atom stereocenters. The molecule has 3 nitrogen and oxygen atoms in total. The van der Waals surface area contributed by atoms with Gasteiger partial charge in [0.1, 0.15) is 0 Å². The fourth-order valence-corrected chi connectivity index (χ4v) is 2.69. The number of benzene rings is 1.